The number of furan rings is 1. The Bertz CT molecular complexity index is 3390. The molecule has 0 spiro atoms. The Labute approximate surface area is 473 Å². The topological polar surface area (TPSA) is 19.6 Å². The first-order valence-electron chi connectivity index (χ1n) is 31.3. The molecule has 0 bridgehead atoms. The molecule has 4 heteroatoms. The van der Waals surface area contributed by atoms with Gasteiger partial charge in [0, 0.05) is 16.8 Å². The Hall–Kier alpha value is -4.44. The van der Waals surface area contributed by atoms with Crippen LogP contribution in [-0.2, 0) is 21.7 Å². The molecule has 3 nitrogen and oxygen atoms in total. The number of rotatable bonds is 3. The second kappa shape index (κ2) is 16.6. The fourth-order valence-electron chi connectivity index (χ4n) is 17.6. The van der Waals surface area contributed by atoms with E-state index in [1.807, 2.05) is 0 Å². The van der Waals surface area contributed by atoms with Crippen LogP contribution >= 0.6 is 0 Å². The Morgan fingerprint density at radius 1 is 0.577 bits per heavy atom. The number of fused-ring (bicyclic) bond motifs is 8. The van der Waals surface area contributed by atoms with Gasteiger partial charge in [0.25, 0.3) is 6.71 Å². The maximum Gasteiger partial charge on any atom is 0.292 e. The van der Waals surface area contributed by atoms with Gasteiger partial charge in [-0.15, -0.1) is 0 Å². The van der Waals surface area contributed by atoms with E-state index < -0.39 is 0 Å². The summed E-state index contributed by atoms with van der Waals surface area (Å²) in [5, 5.41) is 1.33. The minimum atomic E-state index is -0.0403. The molecular weight excluding hydrogens is 944 g/mol. The van der Waals surface area contributed by atoms with Crippen LogP contribution in [0.25, 0.3) is 11.0 Å². The van der Waals surface area contributed by atoms with Gasteiger partial charge in [-0.2, -0.15) is 0 Å². The first kappa shape index (κ1) is 52.9. The predicted octanol–water partition coefficient (Wildman–Crippen LogP) is 18.5. The number of hydrogen-bond acceptors (Lipinski definition) is 3. The Morgan fingerprint density at radius 2 is 1.13 bits per heavy atom. The summed E-state index contributed by atoms with van der Waals surface area (Å²) >= 11 is 0. The molecule has 2 aromatic carbocycles. The van der Waals surface area contributed by atoms with E-state index in [4.69, 9.17) is 4.42 Å². The fraction of sp³-hybridized carbons (Fsp3) is 0.595. The monoisotopic (exact) mass is 1040 g/mol. The molecular formula is C74H97BN2O. The average Bonchev–Trinajstić information content (AvgIpc) is 1.87. The second-order valence-corrected chi connectivity index (χ2v) is 33.3. The fourth-order valence-corrected chi connectivity index (χ4v) is 17.6. The number of hydrogen-bond donors (Lipinski definition) is 0. The van der Waals surface area contributed by atoms with Crippen molar-refractivity contribution in [2.45, 2.75) is 255 Å². The highest BCUT2D eigenvalue weighted by Crippen LogP contribution is 2.60. The molecule has 8 aliphatic carbocycles. The molecule has 0 saturated heterocycles. The van der Waals surface area contributed by atoms with E-state index in [1.54, 1.807) is 50.0 Å². The van der Waals surface area contributed by atoms with Crippen LogP contribution < -0.4 is 20.9 Å². The largest absolute Gasteiger partial charge is 0.468 e. The summed E-state index contributed by atoms with van der Waals surface area (Å²) in [6, 6.07) is 11.2. The van der Waals surface area contributed by atoms with Crippen molar-refractivity contribution in [3.05, 3.63) is 139 Å². The molecule has 0 fully saturated rings. The zero-order chi connectivity index (χ0) is 55.6. The zero-order valence-electron chi connectivity index (χ0n) is 52.2. The molecule has 3 unspecified atom stereocenters. The van der Waals surface area contributed by atoms with Crippen molar-refractivity contribution < 1.29 is 4.42 Å². The highest BCUT2D eigenvalue weighted by Gasteiger charge is 2.57. The van der Waals surface area contributed by atoms with Gasteiger partial charge in [0.2, 0.25) is 0 Å². The van der Waals surface area contributed by atoms with Crippen molar-refractivity contribution in [2.75, 3.05) is 9.80 Å². The summed E-state index contributed by atoms with van der Waals surface area (Å²) in [7, 11) is 0. The summed E-state index contributed by atoms with van der Waals surface area (Å²) in [5.74, 6) is 0. The van der Waals surface area contributed by atoms with Crippen LogP contribution in [0.4, 0.5) is 11.4 Å². The van der Waals surface area contributed by atoms with Crippen LogP contribution in [-0.4, -0.2) is 24.8 Å². The van der Waals surface area contributed by atoms with Crippen molar-refractivity contribution in [3.8, 4) is 0 Å². The van der Waals surface area contributed by atoms with Gasteiger partial charge in [0.05, 0.1) is 29.5 Å². The van der Waals surface area contributed by atoms with Crippen molar-refractivity contribution in [1.29, 1.82) is 0 Å². The van der Waals surface area contributed by atoms with Gasteiger partial charge in [-0.3, -0.25) is 0 Å². The minimum Gasteiger partial charge on any atom is -0.468 e. The van der Waals surface area contributed by atoms with Crippen molar-refractivity contribution in [3.63, 3.8) is 0 Å². The minimum absolute atomic E-state index is 0.0167. The highest BCUT2D eigenvalue weighted by molar-refractivity contribution is 6.93. The molecule has 412 valence electrons. The third-order valence-corrected chi connectivity index (χ3v) is 23.5. The predicted molar refractivity (Wildman–Crippen MR) is 334 cm³/mol. The number of allylic oxidation sites excluding steroid dienone is 8. The molecule has 0 amide bonds. The van der Waals surface area contributed by atoms with E-state index in [1.165, 1.54) is 102 Å². The van der Waals surface area contributed by atoms with Gasteiger partial charge in [-0.25, -0.2) is 0 Å². The average molecular weight is 1040 g/mol. The third-order valence-electron chi connectivity index (χ3n) is 23.5. The third kappa shape index (κ3) is 7.74. The molecule has 13 rings (SSSR count). The van der Waals surface area contributed by atoms with Crippen molar-refractivity contribution in [2.24, 2.45) is 27.1 Å². The molecule has 1 aromatic heterocycles. The van der Waals surface area contributed by atoms with Crippen LogP contribution in [0.1, 0.15) is 237 Å². The van der Waals surface area contributed by atoms with Gasteiger partial charge in [-0.1, -0.05) is 191 Å². The number of anilines is 2. The van der Waals surface area contributed by atoms with Gasteiger partial charge in [0.1, 0.15) is 5.58 Å². The van der Waals surface area contributed by atoms with Gasteiger partial charge < -0.3 is 14.2 Å². The first-order chi connectivity index (χ1) is 36.2. The Balaban J connectivity index is 1.15. The molecule has 10 aliphatic rings. The highest BCUT2D eigenvalue weighted by atomic mass is 16.3. The molecule has 0 radical (unpaired) electrons. The second-order valence-electron chi connectivity index (χ2n) is 33.3. The first-order valence-corrected chi connectivity index (χ1v) is 31.3. The van der Waals surface area contributed by atoms with E-state index >= 15 is 0 Å². The molecule has 0 N–H and O–H groups in total. The SMILES string of the molecule is CC(C)(C)C1=CC2=C3B(c4cc5c(cc4N2C2CC4=C(C=C2C2=CC=CCC2)C(C)(C)CCC4(C)C)C(C)(C)CCC5(C)C)c2oc4cc5c(cc4c2N(C2C=CC4=C(C2)C(C)(C)CCC4(C)C)C3C1)C(C)(C)CCC5(C)C. The van der Waals surface area contributed by atoms with E-state index in [0.717, 1.165) is 37.7 Å². The lowest BCUT2D eigenvalue weighted by Crippen LogP contribution is -2.65. The number of benzene rings is 2. The molecule has 3 aromatic rings. The van der Waals surface area contributed by atoms with Crippen LogP contribution in [0.15, 0.2) is 121 Å². The Morgan fingerprint density at radius 3 is 1.73 bits per heavy atom. The van der Waals surface area contributed by atoms with Crippen LogP contribution in [0.5, 0.6) is 0 Å². The van der Waals surface area contributed by atoms with Gasteiger partial charge in [-0.05, 0) is 212 Å². The van der Waals surface area contributed by atoms with Crippen LogP contribution in [0.2, 0.25) is 0 Å². The van der Waals surface area contributed by atoms with Crippen LogP contribution in [0.3, 0.4) is 0 Å². The van der Waals surface area contributed by atoms with Crippen molar-refractivity contribution in [1.82, 2.24) is 0 Å². The maximum absolute atomic E-state index is 7.97. The summed E-state index contributed by atoms with van der Waals surface area (Å²) in [4.78, 5) is 6.04. The lowest BCUT2D eigenvalue weighted by atomic mass is 9.32. The van der Waals surface area contributed by atoms with Crippen LogP contribution in [0, 0.1) is 27.1 Å². The van der Waals surface area contributed by atoms with Gasteiger partial charge >= 0.3 is 0 Å². The van der Waals surface area contributed by atoms with Gasteiger partial charge in [0.15, 0.2) is 0 Å². The summed E-state index contributed by atoms with van der Waals surface area (Å²) in [6.45, 7) is 48.0. The maximum atomic E-state index is 7.97. The lowest BCUT2D eigenvalue weighted by Gasteiger charge is -2.56. The molecule has 78 heavy (non-hydrogen) atoms. The molecule has 3 heterocycles. The van der Waals surface area contributed by atoms with E-state index in [-0.39, 0.29) is 73.6 Å². The number of nitrogens with zero attached hydrogens (tertiary/aromatic N) is 2. The molecule has 3 atom stereocenters. The summed E-state index contributed by atoms with van der Waals surface area (Å²) < 4.78 is 7.97. The normalized spacial score (nSPS) is 29.1. The van der Waals surface area contributed by atoms with E-state index in [9.17, 15) is 0 Å². The quantitative estimate of drug-likeness (QED) is 0.244. The summed E-state index contributed by atoms with van der Waals surface area (Å²) in [6.07, 6.45) is 33.0. The van der Waals surface area contributed by atoms with E-state index in [0.29, 0.717) is 0 Å². The smallest absolute Gasteiger partial charge is 0.292 e. The Kier molecular flexibility index (Phi) is 11.3. The summed E-state index contributed by atoms with van der Waals surface area (Å²) in [5.41, 5.74) is 27.6. The molecule has 0 saturated carbocycles. The van der Waals surface area contributed by atoms with Crippen molar-refractivity contribution >= 4 is 40.2 Å². The molecule has 2 aliphatic heterocycles. The standard InChI is InChI=1S/C74H97BN2O/c1-66(2,3)45-35-60-63-61(36-45)77(58-41-54-51(69(8,9)29-32-72(54,14)15)38-47(58)44-23-21-20-22-24-44)59-42-55-53(71(12,13)31-33-73(55,16)17)40-57(59)75(63)65-64(48-39-52-56(43-62(48)78-65)74(18,19)34-30-70(52,10)11)76(60)46-25-26-49-50(37-46)68(6,7)28-27-67(49,4)5/h20-21,23,25-26,36,38-40,42-43,46,58,60H,22,24,27-35,37,41H2,1-19H3. The zero-order valence-corrected chi connectivity index (χ0v) is 52.2. The van der Waals surface area contributed by atoms with E-state index in [2.05, 4.69) is 208 Å². The lowest BCUT2D eigenvalue weighted by molar-refractivity contribution is 0.254.